The Hall–Kier alpha value is -1.16. The van der Waals surface area contributed by atoms with Crippen LogP contribution in [-0.4, -0.2) is 30.6 Å². The minimum Gasteiger partial charge on any atom is -0.465 e. The lowest BCUT2D eigenvalue weighted by atomic mass is 9.91. The van der Waals surface area contributed by atoms with E-state index in [-0.39, 0.29) is 19.0 Å². The average molecular weight is 212 g/mol. The van der Waals surface area contributed by atoms with Gasteiger partial charge in [0, 0.05) is 6.42 Å². The summed E-state index contributed by atoms with van der Waals surface area (Å²) in [6.07, 6.45) is 2.03. The molecule has 1 heterocycles. The molecular weight excluding hydrogens is 196 g/mol. The molecule has 2 atom stereocenters. The lowest BCUT2D eigenvalue weighted by Gasteiger charge is -2.19. The number of ether oxygens (including phenoxy) is 2. The lowest BCUT2D eigenvalue weighted by Crippen LogP contribution is -2.36. The van der Waals surface area contributed by atoms with Gasteiger partial charge >= 0.3 is 5.97 Å². The zero-order chi connectivity index (χ0) is 11.5. The van der Waals surface area contributed by atoms with E-state index in [2.05, 4.69) is 6.58 Å². The number of hydrogen-bond acceptors (Lipinski definition) is 4. The predicted molar refractivity (Wildman–Crippen MR) is 54.3 cm³/mol. The second-order valence-electron chi connectivity index (χ2n) is 3.70. The maximum absolute atomic E-state index is 11.9. The zero-order valence-electron chi connectivity index (χ0n) is 9.12. The van der Waals surface area contributed by atoms with E-state index >= 15 is 0 Å². The van der Waals surface area contributed by atoms with Crippen LogP contribution in [0, 0.1) is 5.92 Å². The van der Waals surface area contributed by atoms with Crippen LogP contribution in [0.4, 0.5) is 0 Å². The summed E-state index contributed by atoms with van der Waals surface area (Å²) in [7, 11) is 0. The van der Waals surface area contributed by atoms with Crippen LogP contribution in [0.2, 0.25) is 0 Å². The summed E-state index contributed by atoms with van der Waals surface area (Å²) < 4.78 is 10.2. The Balaban J connectivity index is 2.71. The first-order chi connectivity index (χ1) is 7.05. The van der Waals surface area contributed by atoms with E-state index in [1.807, 2.05) is 0 Å². The van der Waals surface area contributed by atoms with Gasteiger partial charge in [-0.3, -0.25) is 9.59 Å². The fourth-order valence-electron chi connectivity index (χ4n) is 1.64. The van der Waals surface area contributed by atoms with E-state index in [0.29, 0.717) is 6.42 Å². The van der Waals surface area contributed by atoms with E-state index in [1.165, 1.54) is 0 Å². The fraction of sp³-hybridized carbons (Fsp3) is 0.636. The van der Waals surface area contributed by atoms with E-state index in [9.17, 15) is 9.59 Å². The average Bonchev–Trinajstić information content (AvgIpc) is 2.45. The molecule has 1 rings (SSSR count). The van der Waals surface area contributed by atoms with Crippen LogP contribution in [0.25, 0.3) is 0 Å². The quantitative estimate of drug-likeness (QED) is 0.398. The van der Waals surface area contributed by atoms with Crippen molar-refractivity contribution in [1.82, 2.24) is 0 Å². The maximum Gasteiger partial charge on any atom is 0.318 e. The van der Waals surface area contributed by atoms with Crippen LogP contribution in [-0.2, 0) is 19.1 Å². The molecule has 4 nitrogen and oxygen atoms in total. The number of esters is 1. The lowest BCUT2D eigenvalue weighted by molar-refractivity contribution is -0.150. The molecule has 0 saturated carbocycles. The molecule has 0 radical (unpaired) electrons. The number of hydrogen-bond donors (Lipinski definition) is 0. The number of Topliss-reactive ketones (excluding diaryl/α,β-unsaturated/α-hetero) is 1. The first-order valence-corrected chi connectivity index (χ1v) is 5.01. The predicted octanol–water partition coefficient (Wildman–Crippen LogP) is 1.10. The Morgan fingerprint density at radius 2 is 2.47 bits per heavy atom. The van der Waals surface area contributed by atoms with Gasteiger partial charge in [0.15, 0.2) is 5.78 Å². The fourth-order valence-corrected chi connectivity index (χ4v) is 1.64. The Morgan fingerprint density at radius 1 is 1.80 bits per heavy atom. The third-order valence-corrected chi connectivity index (χ3v) is 2.51. The van der Waals surface area contributed by atoms with Crippen LogP contribution in [0.5, 0.6) is 0 Å². The van der Waals surface area contributed by atoms with Gasteiger partial charge < -0.3 is 9.47 Å². The molecule has 1 saturated heterocycles. The molecule has 0 aromatic carbocycles. The van der Waals surface area contributed by atoms with Gasteiger partial charge in [-0.2, -0.15) is 0 Å². The Kier molecular flexibility index (Phi) is 3.63. The zero-order valence-corrected chi connectivity index (χ0v) is 9.12. The molecule has 0 spiro atoms. The van der Waals surface area contributed by atoms with Crippen molar-refractivity contribution >= 4 is 11.8 Å². The van der Waals surface area contributed by atoms with Crippen molar-refractivity contribution in [3.8, 4) is 0 Å². The highest BCUT2D eigenvalue weighted by Gasteiger charge is 2.48. The minimum absolute atomic E-state index is 0.113. The second kappa shape index (κ2) is 4.57. The van der Waals surface area contributed by atoms with Crippen molar-refractivity contribution in [2.24, 2.45) is 5.92 Å². The first-order valence-electron chi connectivity index (χ1n) is 5.01. The molecule has 1 aliphatic heterocycles. The summed E-state index contributed by atoms with van der Waals surface area (Å²) in [4.78, 5) is 23.3. The van der Waals surface area contributed by atoms with Gasteiger partial charge in [0.05, 0.1) is 13.2 Å². The normalized spacial score (nSPS) is 30.3. The van der Waals surface area contributed by atoms with Crippen molar-refractivity contribution in [2.45, 2.75) is 25.9 Å². The molecule has 0 amide bonds. The molecule has 1 aliphatic rings. The van der Waals surface area contributed by atoms with E-state index in [4.69, 9.17) is 9.47 Å². The van der Waals surface area contributed by atoms with E-state index in [0.717, 1.165) is 0 Å². The third-order valence-electron chi connectivity index (χ3n) is 2.51. The number of carbonyl (C=O) groups is 2. The topological polar surface area (TPSA) is 52.6 Å². The summed E-state index contributed by atoms with van der Waals surface area (Å²) in [5.41, 5.74) is -0.904. The Bertz CT molecular complexity index is 284. The molecule has 0 bridgehead atoms. The summed E-state index contributed by atoms with van der Waals surface area (Å²) in [6, 6.07) is 0. The molecule has 15 heavy (non-hydrogen) atoms. The molecule has 4 heteroatoms. The van der Waals surface area contributed by atoms with E-state index < -0.39 is 17.5 Å². The van der Waals surface area contributed by atoms with Crippen LogP contribution in [0.15, 0.2) is 12.7 Å². The minimum atomic E-state index is -0.904. The largest absolute Gasteiger partial charge is 0.465 e. The van der Waals surface area contributed by atoms with Crippen LogP contribution < -0.4 is 0 Å². The van der Waals surface area contributed by atoms with Crippen molar-refractivity contribution in [3.05, 3.63) is 12.7 Å². The SMILES string of the molecule is C=CCC1(C)OCC(C(=O)OCC)C1=O. The van der Waals surface area contributed by atoms with Crippen LogP contribution in [0.1, 0.15) is 20.3 Å². The molecule has 1 fully saturated rings. The van der Waals surface area contributed by atoms with Gasteiger partial charge in [-0.05, 0) is 13.8 Å². The summed E-state index contributed by atoms with van der Waals surface area (Å²) in [6.45, 7) is 7.34. The van der Waals surface area contributed by atoms with Gasteiger partial charge in [-0.25, -0.2) is 0 Å². The summed E-state index contributed by atoms with van der Waals surface area (Å²) in [5, 5.41) is 0. The van der Waals surface area contributed by atoms with Gasteiger partial charge in [-0.15, -0.1) is 6.58 Å². The highest BCUT2D eigenvalue weighted by molar-refractivity contribution is 6.04. The molecule has 2 unspecified atom stereocenters. The highest BCUT2D eigenvalue weighted by Crippen LogP contribution is 2.30. The molecule has 0 aromatic heterocycles. The number of rotatable bonds is 4. The first kappa shape index (κ1) is 11.9. The smallest absolute Gasteiger partial charge is 0.318 e. The van der Waals surface area contributed by atoms with Crippen LogP contribution >= 0.6 is 0 Å². The molecule has 0 aliphatic carbocycles. The standard InChI is InChI=1S/C11H16O4/c1-4-6-11(3)9(12)8(7-15-11)10(13)14-5-2/h4,8H,1,5-7H2,2-3H3. The molecule has 0 N–H and O–H groups in total. The van der Waals surface area contributed by atoms with Gasteiger partial charge in [0.25, 0.3) is 0 Å². The Labute approximate surface area is 89.2 Å². The van der Waals surface area contributed by atoms with Crippen molar-refractivity contribution in [2.75, 3.05) is 13.2 Å². The van der Waals surface area contributed by atoms with Crippen molar-refractivity contribution < 1.29 is 19.1 Å². The maximum atomic E-state index is 11.9. The monoisotopic (exact) mass is 212 g/mol. The number of carbonyl (C=O) groups excluding carboxylic acids is 2. The highest BCUT2D eigenvalue weighted by atomic mass is 16.5. The van der Waals surface area contributed by atoms with Gasteiger partial charge in [0.1, 0.15) is 11.5 Å². The Morgan fingerprint density at radius 3 is 3.00 bits per heavy atom. The molecule has 84 valence electrons. The second-order valence-corrected chi connectivity index (χ2v) is 3.70. The van der Waals surface area contributed by atoms with E-state index in [1.54, 1.807) is 19.9 Å². The van der Waals surface area contributed by atoms with Crippen molar-refractivity contribution in [1.29, 1.82) is 0 Å². The summed E-state index contributed by atoms with van der Waals surface area (Å²) in [5.74, 6) is -1.47. The van der Waals surface area contributed by atoms with Gasteiger partial charge in [0.2, 0.25) is 0 Å². The molecule has 0 aromatic rings. The van der Waals surface area contributed by atoms with Crippen LogP contribution in [0.3, 0.4) is 0 Å². The van der Waals surface area contributed by atoms with Gasteiger partial charge in [-0.1, -0.05) is 6.08 Å². The number of ketones is 1. The van der Waals surface area contributed by atoms with Crippen molar-refractivity contribution in [3.63, 3.8) is 0 Å². The molecular formula is C11H16O4. The third kappa shape index (κ3) is 2.26. The summed E-state index contributed by atoms with van der Waals surface area (Å²) >= 11 is 0.